The van der Waals surface area contributed by atoms with E-state index in [0.717, 1.165) is 11.1 Å². The summed E-state index contributed by atoms with van der Waals surface area (Å²) in [5, 5.41) is 6.02. The van der Waals surface area contributed by atoms with Gasteiger partial charge in [0.2, 0.25) is 11.7 Å². The molecule has 8 heteroatoms. The van der Waals surface area contributed by atoms with Gasteiger partial charge in [-0.3, -0.25) is 15.1 Å². The van der Waals surface area contributed by atoms with Crippen LogP contribution in [0.4, 0.5) is 5.69 Å². The highest BCUT2D eigenvalue weighted by Crippen LogP contribution is 2.39. The molecule has 0 saturated heterocycles. The topological polar surface area (TPSA) is 94.1 Å². The number of guanidine groups is 1. The summed E-state index contributed by atoms with van der Waals surface area (Å²) in [6.07, 6.45) is 3.39. The molecular formula is C24H26N4O4. The third kappa shape index (κ3) is 5.54. The number of nitrogens with zero attached hydrogens (tertiary/aromatic N) is 2. The third-order valence-electron chi connectivity index (χ3n) is 4.72. The van der Waals surface area contributed by atoms with Gasteiger partial charge in [0.1, 0.15) is 0 Å². The Balaban J connectivity index is 1.92. The standard InChI is InChI=1S/C24H26N4O4/c1-16-7-5-6-8-19(16)23(29)28-24(26-15-17-9-11-25-12-10-17)27-18-13-20(30-2)22(32-4)21(14-18)31-3/h5-14H,15H2,1-4H3,(H2,26,27,28,29). The van der Waals surface area contributed by atoms with Crippen LogP contribution in [0.5, 0.6) is 17.2 Å². The number of rotatable bonds is 7. The lowest BCUT2D eigenvalue weighted by Crippen LogP contribution is -2.36. The zero-order chi connectivity index (χ0) is 22.9. The number of hydrogen-bond acceptors (Lipinski definition) is 6. The van der Waals surface area contributed by atoms with Crippen LogP contribution in [0.2, 0.25) is 0 Å². The van der Waals surface area contributed by atoms with Crippen LogP contribution in [-0.2, 0) is 6.54 Å². The summed E-state index contributed by atoms with van der Waals surface area (Å²) in [4.78, 5) is 21.5. The average Bonchev–Trinajstić information content (AvgIpc) is 2.82. The van der Waals surface area contributed by atoms with E-state index in [1.807, 2.05) is 37.3 Å². The van der Waals surface area contributed by atoms with E-state index in [4.69, 9.17) is 14.2 Å². The highest BCUT2D eigenvalue weighted by atomic mass is 16.5. The molecule has 0 aliphatic heterocycles. The smallest absolute Gasteiger partial charge is 0.258 e. The number of carbonyl (C=O) groups excluding carboxylic acids is 1. The molecule has 0 aliphatic rings. The van der Waals surface area contributed by atoms with Gasteiger partial charge in [0, 0.05) is 35.8 Å². The van der Waals surface area contributed by atoms with Gasteiger partial charge < -0.3 is 19.5 Å². The number of methoxy groups -OCH3 is 3. The lowest BCUT2D eigenvalue weighted by atomic mass is 10.1. The molecule has 0 fully saturated rings. The maximum atomic E-state index is 12.9. The number of aryl methyl sites for hydroxylation is 1. The van der Waals surface area contributed by atoms with Crippen molar-refractivity contribution in [3.8, 4) is 17.2 Å². The first-order chi connectivity index (χ1) is 15.5. The summed E-state index contributed by atoms with van der Waals surface area (Å²) >= 11 is 0. The molecule has 0 atom stereocenters. The van der Waals surface area contributed by atoms with Crippen LogP contribution < -0.4 is 24.8 Å². The third-order valence-corrected chi connectivity index (χ3v) is 4.72. The Morgan fingerprint density at radius 2 is 1.62 bits per heavy atom. The number of benzene rings is 2. The molecule has 166 valence electrons. The predicted octanol–water partition coefficient (Wildman–Crippen LogP) is 3.81. The Kier molecular flexibility index (Phi) is 7.64. The van der Waals surface area contributed by atoms with Crippen LogP contribution in [0.3, 0.4) is 0 Å². The Morgan fingerprint density at radius 3 is 2.22 bits per heavy atom. The van der Waals surface area contributed by atoms with Gasteiger partial charge in [0.25, 0.3) is 5.91 Å². The minimum Gasteiger partial charge on any atom is -0.493 e. The maximum Gasteiger partial charge on any atom is 0.258 e. The van der Waals surface area contributed by atoms with Gasteiger partial charge in [0.15, 0.2) is 11.5 Å². The van der Waals surface area contributed by atoms with Crippen LogP contribution in [0, 0.1) is 6.92 Å². The molecule has 0 bridgehead atoms. The number of carbonyl (C=O) groups is 1. The predicted molar refractivity (Wildman–Crippen MR) is 124 cm³/mol. The second-order valence-electron chi connectivity index (χ2n) is 6.83. The van der Waals surface area contributed by atoms with Crippen LogP contribution >= 0.6 is 0 Å². The fourth-order valence-electron chi connectivity index (χ4n) is 3.06. The number of amides is 1. The van der Waals surface area contributed by atoms with Crippen molar-refractivity contribution in [2.24, 2.45) is 4.99 Å². The van der Waals surface area contributed by atoms with Crippen molar-refractivity contribution < 1.29 is 19.0 Å². The molecule has 3 aromatic rings. The Hall–Kier alpha value is -4.07. The molecule has 3 rings (SSSR count). The van der Waals surface area contributed by atoms with Gasteiger partial charge in [-0.15, -0.1) is 0 Å². The minimum atomic E-state index is -0.267. The van der Waals surface area contributed by atoms with Crippen molar-refractivity contribution in [3.05, 3.63) is 77.6 Å². The maximum absolute atomic E-state index is 12.9. The highest BCUT2D eigenvalue weighted by molar-refractivity contribution is 6.10. The fourth-order valence-corrected chi connectivity index (χ4v) is 3.06. The van der Waals surface area contributed by atoms with E-state index >= 15 is 0 Å². The monoisotopic (exact) mass is 434 g/mol. The van der Waals surface area contributed by atoms with E-state index in [2.05, 4.69) is 20.6 Å². The van der Waals surface area contributed by atoms with Gasteiger partial charge in [0.05, 0.1) is 27.9 Å². The van der Waals surface area contributed by atoms with Crippen molar-refractivity contribution >= 4 is 17.6 Å². The Morgan fingerprint density at radius 1 is 0.969 bits per heavy atom. The average molecular weight is 434 g/mol. The summed E-state index contributed by atoms with van der Waals surface area (Å²) in [5.74, 6) is 1.45. The first-order valence-corrected chi connectivity index (χ1v) is 9.93. The number of ether oxygens (including phenoxy) is 3. The van der Waals surface area contributed by atoms with Gasteiger partial charge >= 0.3 is 0 Å². The number of aromatic nitrogens is 1. The van der Waals surface area contributed by atoms with Crippen LogP contribution in [0.15, 0.2) is 65.9 Å². The van der Waals surface area contributed by atoms with E-state index < -0.39 is 0 Å². The molecule has 0 saturated carbocycles. The van der Waals surface area contributed by atoms with Crippen LogP contribution in [-0.4, -0.2) is 38.2 Å². The molecule has 2 aromatic carbocycles. The van der Waals surface area contributed by atoms with Gasteiger partial charge in [-0.05, 0) is 36.2 Å². The van der Waals surface area contributed by atoms with Gasteiger partial charge in [-0.25, -0.2) is 4.99 Å². The quantitative estimate of drug-likeness (QED) is 0.434. The van der Waals surface area contributed by atoms with Crippen molar-refractivity contribution in [1.82, 2.24) is 10.3 Å². The SMILES string of the molecule is COc1cc(NC(=NCc2ccncc2)NC(=O)c2ccccc2C)cc(OC)c1OC. The van der Waals surface area contributed by atoms with E-state index in [-0.39, 0.29) is 11.9 Å². The largest absolute Gasteiger partial charge is 0.493 e. The first kappa shape index (κ1) is 22.6. The summed E-state index contributed by atoms with van der Waals surface area (Å²) in [5.41, 5.74) is 2.99. The lowest BCUT2D eigenvalue weighted by molar-refractivity contribution is 0.0976. The van der Waals surface area contributed by atoms with Crippen molar-refractivity contribution in [1.29, 1.82) is 0 Å². The molecule has 32 heavy (non-hydrogen) atoms. The first-order valence-electron chi connectivity index (χ1n) is 9.93. The normalized spacial score (nSPS) is 10.9. The van der Waals surface area contributed by atoms with Crippen LogP contribution in [0.25, 0.3) is 0 Å². The number of pyridine rings is 1. The summed E-state index contributed by atoms with van der Waals surface area (Å²) in [6.45, 7) is 2.23. The summed E-state index contributed by atoms with van der Waals surface area (Å²) in [6, 6.07) is 14.6. The highest BCUT2D eigenvalue weighted by Gasteiger charge is 2.16. The number of nitrogens with one attached hydrogen (secondary N) is 2. The van der Waals surface area contributed by atoms with Crippen molar-refractivity contribution in [3.63, 3.8) is 0 Å². The van der Waals surface area contributed by atoms with Gasteiger partial charge in [-0.2, -0.15) is 0 Å². The molecule has 0 aliphatic carbocycles. The molecule has 1 amide bonds. The van der Waals surface area contributed by atoms with E-state index in [0.29, 0.717) is 35.0 Å². The second kappa shape index (κ2) is 10.8. The zero-order valence-electron chi connectivity index (χ0n) is 18.5. The summed E-state index contributed by atoms with van der Waals surface area (Å²) < 4.78 is 16.2. The molecular weight excluding hydrogens is 408 g/mol. The zero-order valence-corrected chi connectivity index (χ0v) is 18.5. The second-order valence-corrected chi connectivity index (χ2v) is 6.83. The Bertz CT molecular complexity index is 1080. The Labute approximate surface area is 187 Å². The molecule has 2 N–H and O–H groups in total. The minimum absolute atomic E-state index is 0.267. The van der Waals surface area contributed by atoms with E-state index in [1.165, 1.54) is 7.11 Å². The van der Waals surface area contributed by atoms with Crippen molar-refractivity contribution in [2.45, 2.75) is 13.5 Å². The van der Waals surface area contributed by atoms with E-state index in [1.54, 1.807) is 44.8 Å². The number of aliphatic imine (C=N–C) groups is 1. The molecule has 0 spiro atoms. The van der Waals surface area contributed by atoms with Gasteiger partial charge in [-0.1, -0.05) is 18.2 Å². The lowest BCUT2D eigenvalue weighted by Gasteiger charge is -2.17. The van der Waals surface area contributed by atoms with Crippen LogP contribution in [0.1, 0.15) is 21.5 Å². The molecule has 0 unspecified atom stereocenters. The molecule has 0 radical (unpaired) electrons. The number of hydrogen-bond donors (Lipinski definition) is 2. The molecule has 1 aromatic heterocycles. The van der Waals surface area contributed by atoms with Crippen molar-refractivity contribution in [2.75, 3.05) is 26.6 Å². The van der Waals surface area contributed by atoms with E-state index in [9.17, 15) is 4.79 Å². The number of anilines is 1. The summed E-state index contributed by atoms with van der Waals surface area (Å²) in [7, 11) is 4.62. The fraction of sp³-hybridized carbons (Fsp3) is 0.208. The molecule has 1 heterocycles. The molecule has 8 nitrogen and oxygen atoms in total.